The third-order valence-electron chi connectivity index (χ3n) is 12.3. The van der Waals surface area contributed by atoms with Gasteiger partial charge in [-0.2, -0.15) is 0 Å². The number of fused-ring (bicyclic) bond motifs is 6. The molecule has 2 fully saturated rings. The van der Waals surface area contributed by atoms with Gasteiger partial charge in [-0.1, -0.05) is 0 Å². The van der Waals surface area contributed by atoms with Crippen molar-refractivity contribution in [2.75, 3.05) is 55.2 Å². The number of rotatable bonds is 8. The predicted octanol–water partition coefficient (Wildman–Crippen LogP) is 3.70. The number of benzene rings is 4. The fourth-order valence-electron chi connectivity index (χ4n) is 9.61. The molecule has 0 aromatic heterocycles. The van der Waals surface area contributed by atoms with Crippen molar-refractivity contribution in [3.63, 3.8) is 0 Å². The summed E-state index contributed by atoms with van der Waals surface area (Å²) in [4.78, 5) is 38.6. The summed E-state index contributed by atoms with van der Waals surface area (Å²) in [5.41, 5.74) is 5.16. The molecule has 4 aromatic carbocycles. The van der Waals surface area contributed by atoms with E-state index in [0.717, 1.165) is 16.7 Å². The Morgan fingerprint density at radius 1 is 0.587 bits per heavy atom. The second-order valence-electron chi connectivity index (χ2n) is 15.2. The Bertz CT molecular complexity index is 2460. The van der Waals surface area contributed by atoms with Crippen LogP contribution in [0.5, 0.6) is 46.0 Å². The van der Waals surface area contributed by atoms with Crippen molar-refractivity contribution < 1.29 is 99.6 Å². The SMILES string of the molecule is COc1cc([C@@H]2c3cc4c(cc3C(=O)[C@H]3COC(=O)[C@H]23)OCO4)cc(CO)c1OC.COc1cc([C@@H]2c3cc4c(cc3[C@H](O)[C@H]3COC(=O)[C@H]23)OCO4)cc(CO)c1OC.[O]=[Mn]=[O]. The van der Waals surface area contributed by atoms with Crippen molar-refractivity contribution in [1.29, 1.82) is 0 Å². The molecular formula is C44H42MnO18. The Morgan fingerprint density at radius 3 is 1.56 bits per heavy atom. The van der Waals surface area contributed by atoms with E-state index in [-0.39, 0.29) is 57.7 Å². The molecule has 4 heterocycles. The van der Waals surface area contributed by atoms with Crippen LogP contribution in [0.2, 0.25) is 0 Å². The second-order valence-corrected chi connectivity index (χ2v) is 15.4. The van der Waals surface area contributed by atoms with Crippen LogP contribution in [-0.2, 0) is 54.8 Å². The number of carbonyl (C=O) groups is 3. The standard InChI is InChI=1S/C22H22O8.C22H20O8.Mn.2O/c2*1-26-17-4-10(3-11(7-23)21(17)27-2)18-12-5-15-16(30-9-29-15)6-13(12)20(24)14-8-28-22(25)19(14)18;;;/h3-6,14,18-20,23-24H,7-9H2,1-2H3;3-6,14,18-19,23H,7-9H2,1-2H3;;;/t14-,18+,19-,20-;14-,18+,19-;;;/m00.../s1. The van der Waals surface area contributed by atoms with E-state index in [1.54, 1.807) is 42.5 Å². The zero-order chi connectivity index (χ0) is 44.7. The first kappa shape index (κ1) is 43.5. The Morgan fingerprint density at radius 2 is 1.05 bits per heavy atom. The molecule has 0 radical (unpaired) electrons. The molecule has 333 valence electrons. The van der Waals surface area contributed by atoms with Crippen molar-refractivity contribution >= 4 is 17.7 Å². The molecule has 0 saturated carbocycles. The Labute approximate surface area is 365 Å². The fourth-order valence-corrected chi connectivity index (χ4v) is 9.61. The number of aliphatic hydroxyl groups excluding tert-OH is 3. The van der Waals surface area contributed by atoms with Crippen molar-refractivity contribution in [2.45, 2.75) is 31.2 Å². The summed E-state index contributed by atoms with van der Waals surface area (Å²) >= 11 is -1.44. The normalized spacial score (nSPS) is 23.9. The molecule has 2 saturated heterocycles. The number of hydrogen-bond acceptors (Lipinski definition) is 18. The molecule has 6 aliphatic rings. The van der Waals surface area contributed by atoms with Gasteiger partial charge >= 0.3 is 34.4 Å². The summed E-state index contributed by atoms with van der Waals surface area (Å²) in [5.74, 6) is -0.0908. The summed E-state index contributed by atoms with van der Waals surface area (Å²) in [6, 6.07) is 14.2. The van der Waals surface area contributed by atoms with Crippen LogP contribution in [-0.4, -0.2) is 88.3 Å². The molecule has 0 amide bonds. The van der Waals surface area contributed by atoms with Crippen LogP contribution < -0.4 is 37.9 Å². The number of Topliss-reactive ketones (excluding diaryl/α,β-unsaturated/α-hetero) is 1. The van der Waals surface area contributed by atoms with Gasteiger partial charge < -0.3 is 62.7 Å². The first-order valence-electron chi connectivity index (χ1n) is 19.6. The molecule has 2 aliphatic carbocycles. The van der Waals surface area contributed by atoms with Gasteiger partial charge in [0.05, 0.1) is 72.1 Å². The molecular weight excluding hydrogens is 871 g/mol. The molecule has 4 aromatic rings. The van der Waals surface area contributed by atoms with Crippen molar-refractivity contribution in [1.82, 2.24) is 0 Å². The van der Waals surface area contributed by atoms with Gasteiger partial charge in [0.2, 0.25) is 13.6 Å². The molecule has 3 N–H and O–H groups in total. The monoisotopic (exact) mass is 913 g/mol. The van der Waals surface area contributed by atoms with E-state index >= 15 is 0 Å². The predicted molar refractivity (Wildman–Crippen MR) is 206 cm³/mol. The maximum absolute atomic E-state index is 13.2. The van der Waals surface area contributed by atoms with Crippen LogP contribution in [0.25, 0.3) is 0 Å². The van der Waals surface area contributed by atoms with Crippen molar-refractivity contribution in [2.24, 2.45) is 23.7 Å². The molecule has 0 spiro atoms. The van der Waals surface area contributed by atoms with E-state index in [1.807, 2.05) is 6.07 Å². The van der Waals surface area contributed by atoms with Gasteiger partial charge in [-0.05, 0) is 76.3 Å². The third-order valence-corrected chi connectivity index (χ3v) is 12.3. The Balaban J connectivity index is 0.000000163. The molecule has 10 rings (SSSR count). The van der Waals surface area contributed by atoms with E-state index < -0.39 is 56.5 Å². The molecule has 4 aliphatic heterocycles. The van der Waals surface area contributed by atoms with Gasteiger partial charge in [-0.15, -0.1) is 0 Å². The molecule has 63 heavy (non-hydrogen) atoms. The number of esters is 2. The maximum atomic E-state index is 13.2. The molecule has 18 nitrogen and oxygen atoms in total. The van der Waals surface area contributed by atoms with E-state index in [1.165, 1.54) is 28.4 Å². The zero-order valence-corrected chi connectivity index (χ0v) is 35.4. The minimum absolute atomic E-state index is 0.0485. The number of carbonyl (C=O) groups excluding carboxylic acids is 3. The summed E-state index contributed by atoms with van der Waals surface area (Å²) in [6.45, 7) is -0.140. The number of ketones is 1. The summed E-state index contributed by atoms with van der Waals surface area (Å²) in [6.07, 6.45) is -0.861. The number of cyclic esters (lactones) is 2. The fraction of sp³-hybridized carbons (Fsp3) is 0.386. The minimum atomic E-state index is -1.44. The molecule has 0 unspecified atom stereocenters. The van der Waals surface area contributed by atoms with Gasteiger partial charge in [0, 0.05) is 34.4 Å². The van der Waals surface area contributed by atoms with Crippen LogP contribution in [0.1, 0.15) is 67.2 Å². The summed E-state index contributed by atoms with van der Waals surface area (Å²) < 4.78 is 71.2. The second kappa shape index (κ2) is 17.9. The van der Waals surface area contributed by atoms with Gasteiger partial charge in [-0.25, -0.2) is 0 Å². The Hall–Kier alpha value is -6.11. The third kappa shape index (κ3) is 7.42. The quantitative estimate of drug-likeness (QED) is 0.169. The van der Waals surface area contributed by atoms with Crippen molar-refractivity contribution in [3.05, 3.63) is 93.0 Å². The first-order valence-corrected chi connectivity index (χ1v) is 20.6. The molecule has 19 heteroatoms. The Kier molecular flexibility index (Phi) is 12.4. The van der Waals surface area contributed by atoms with E-state index in [9.17, 15) is 29.7 Å². The molecule has 7 atom stereocenters. The van der Waals surface area contributed by atoms with E-state index in [0.29, 0.717) is 73.8 Å². The van der Waals surface area contributed by atoms with Crippen LogP contribution >= 0.6 is 0 Å². The van der Waals surface area contributed by atoms with E-state index in [2.05, 4.69) is 0 Å². The number of aliphatic hydroxyl groups is 3. The molecule has 0 bridgehead atoms. The van der Waals surface area contributed by atoms with Crippen LogP contribution in [0, 0.1) is 23.7 Å². The average molecular weight is 914 g/mol. The van der Waals surface area contributed by atoms with Gasteiger partial charge in [0.15, 0.2) is 51.8 Å². The summed E-state index contributed by atoms with van der Waals surface area (Å²) in [5, 5.41) is 30.8. The number of hydrogen-bond donors (Lipinski definition) is 3. The van der Waals surface area contributed by atoms with Gasteiger partial charge in [-0.3, -0.25) is 14.4 Å². The summed E-state index contributed by atoms with van der Waals surface area (Å²) in [7, 11) is 6.03. The zero-order valence-electron chi connectivity index (χ0n) is 34.2. The topological polar surface area (TPSA) is 238 Å². The van der Waals surface area contributed by atoms with Gasteiger partial charge in [0.1, 0.15) is 6.61 Å². The number of methoxy groups -OCH3 is 4. The van der Waals surface area contributed by atoms with E-state index in [4.69, 9.17) is 55.0 Å². The van der Waals surface area contributed by atoms with Crippen LogP contribution in [0.4, 0.5) is 0 Å². The van der Waals surface area contributed by atoms with Crippen LogP contribution in [0.15, 0.2) is 48.5 Å². The van der Waals surface area contributed by atoms with Gasteiger partial charge in [0.25, 0.3) is 0 Å². The van der Waals surface area contributed by atoms with Crippen molar-refractivity contribution in [3.8, 4) is 46.0 Å². The number of ether oxygens (including phenoxy) is 10. The average Bonchev–Trinajstić information content (AvgIpc) is 4.13. The van der Waals surface area contributed by atoms with Crippen LogP contribution in [0.3, 0.4) is 0 Å². The first-order chi connectivity index (χ1) is 30.5.